The van der Waals surface area contributed by atoms with Crippen molar-refractivity contribution in [1.29, 1.82) is 0 Å². The van der Waals surface area contributed by atoms with Gasteiger partial charge >= 0.3 is 0 Å². The highest BCUT2D eigenvalue weighted by molar-refractivity contribution is 9.10. The molecule has 1 aromatic carbocycles. The second-order valence-corrected chi connectivity index (χ2v) is 5.11. The first-order chi connectivity index (χ1) is 5.97. The summed E-state index contributed by atoms with van der Waals surface area (Å²) in [5.74, 6) is 0. The summed E-state index contributed by atoms with van der Waals surface area (Å²) in [6.45, 7) is 0. The number of nitrogen functional groups attached to an aromatic ring is 1. The molecule has 6 heteroatoms. The Balaban J connectivity index is 3.38. The maximum absolute atomic E-state index is 11.4. The molecule has 0 aliphatic rings. The Morgan fingerprint density at radius 2 is 2.08 bits per heavy atom. The van der Waals surface area contributed by atoms with Crippen molar-refractivity contribution >= 4 is 31.6 Å². The third kappa shape index (κ3) is 2.20. The molecule has 1 aromatic rings. The van der Waals surface area contributed by atoms with E-state index >= 15 is 0 Å². The van der Waals surface area contributed by atoms with Gasteiger partial charge in [0.1, 0.15) is 0 Å². The van der Waals surface area contributed by atoms with Crippen LogP contribution in [0.25, 0.3) is 0 Å². The zero-order valence-corrected chi connectivity index (χ0v) is 9.31. The Labute approximate surface area is 85.3 Å². The van der Waals surface area contributed by atoms with Crippen molar-refractivity contribution in [3.05, 3.63) is 22.7 Å². The highest BCUT2D eigenvalue weighted by Gasteiger charge is 2.14. The Kier molecular flexibility index (Phi) is 2.94. The van der Waals surface area contributed by atoms with Crippen molar-refractivity contribution in [3.63, 3.8) is 0 Å². The summed E-state index contributed by atoms with van der Waals surface area (Å²) >= 11 is 3.13. The first kappa shape index (κ1) is 10.5. The van der Waals surface area contributed by atoms with Crippen LogP contribution < -0.4 is 10.5 Å². The monoisotopic (exact) mass is 264 g/mol. The van der Waals surface area contributed by atoms with Crippen LogP contribution in [0.3, 0.4) is 0 Å². The van der Waals surface area contributed by atoms with Crippen LogP contribution in [0.15, 0.2) is 27.6 Å². The lowest BCUT2D eigenvalue weighted by Crippen LogP contribution is -2.19. The molecular weight excluding hydrogens is 256 g/mol. The van der Waals surface area contributed by atoms with E-state index in [1.54, 1.807) is 12.1 Å². The molecular formula is C7H9BrN2O2S. The first-order valence-corrected chi connectivity index (χ1v) is 5.73. The van der Waals surface area contributed by atoms with E-state index in [4.69, 9.17) is 5.73 Å². The van der Waals surface area contributed by atoms with Gasteiger partial charge in [-0.3, -0.25) is 0 Å². The van der Waals surface area contributed by atoms with Crippen molar-refractivity contribution < 1.29 is 8.42 Å². The summed E-state index contributed by atoms with van der Waals surface area (Å²) in [5, 5.41) is 0. The van der Waals surface area contributed by atoms with Crippen LogP contribution in [0, 0.1) is 0 Å². The lowest BCUT2D eigenvalue weighted by atomic mass is 10.3. The minimum Gasteiger partial charge on any atom is -0.399 e. The van der Waals surface area contributed by atoms with Crippen LogP contribution in [-0.4, -0.2) is 15.5 Å². The third-order valence-corrected chi connectivity index (χ3v) is 3.92. The van der Waals surface area contributed by atoms with Gasteiger partial charge in [0.25, 0.3) is 0 Å². The molecule has 0 radical (unpaired) electrons. The number of hydrogen-bond donors (Lipinski definition) is 2. The number of rotatable bonds is 2. The number of anilines is 1. The summed E-state index contributed by atoms with van der Waals surface area (Å²) in [5.41, 5.74) is 5.88. The zero-order valence-electron chi connectivity index (χ0n) is 6.91. The second kappa shape index (κ2) is 3.65. The second-order valence-electron chi connectivity index (χ2n) is 2.40. The van der Waals surface area contributed by atoms with Crippen molar-refractivity contribution in [2.75, 3.05) is 12.8 Å². The van der Waals surface area contributed by atoms with E-state index in [-0.39, 0.29) is 4.90 Å². The number of nitrogens with two attached hydrogens (primary N) is 1. The van der Waals surface area contributed by atoms with Crippen LogP contribution in [0.1, 0.15) is 0 Å². The molecule has 0 bridgehead atoms. The van der Waals surface area contributed by atoms with Gasteiger partial charge in [0.05, 0.1) is 4.90 Å². The normalized spacial score (nSPS) is 11.5. The number of benzene rings is 1. The van der Waals surface area contributed by atoms with Crippen LogP contribution in [0.5, 0.6) is 0 Å². The SMILES string of the molecule is CNS(=O)(=O)c1cc(N)ccc1Br. The predicted molar refractivity (Wildman–Crippen MR) is 54.8 cm³/mol. The molecule has 0 spiro atoms. The number of nitrogens with one attached hydrogen (secondary N) is 1. The minimum absolute atomic E-state index is 0.148. The van der Waals surface area contributed by atoms with Crippen molar-refractivity contribution in [1.82, 2.24) is 4.72 Å². The van der Waals surface area contributed by atoms with Gasteiger partial charge in [0.2, 0.25) is 10.0 Å². The van der Waals surface area contributed by atoms with Gasteiger partial charge in [0, 0.05) is 10.2 Å². The third-order valence-electron chi connectivity index (χ3n) is 1.51. The molecule has 0 atom stereocenters. The Bertz CT molecular complexity index is 417. The quantitative estimate of drug-likeness (QED) is 0.781. The maximum atomic E-state index is 11.4. The van der Waals surface area contributed by atoms with Crippen LogP contribution in [0.4, 0.5) is 5.69 Å². The fourth-order valence-corrected chi connectivity index (χ4v) is 2.56. The Hall–Kier alpha value is -0.590. The van der Waals surface area contributed by atoms with Gasteiger partial charge in [-0.2, -0.15) is 0 Å². The van der Waals surface area contributed by atoms with E-state index in [0.717, 1.165) is 0 Å². The molecule has 0 amide bonds. The predicted octanol–water partition coefficient (Wildman–Crippen LogP) is 0.939. The van der Waals surface area contributed by atoms with Crippen molar-refractivity contribution in [2.45, 2.75) is 4.90 Å². The molecule has 0 aromatic heterocycles. The fourth-order valence-electron chi connectivity index (χ4n) is 0.836. The number of sulfonamides is 1. The summed E-state index contributed by atoms with van der Waals surface area (Å²) in [6.07, 6.45) is 0. The Morgan fingerprint density at radius 3 is 2.62 bits per heavy atom. The molecule has 0 saturated heterocycles. The van der Waals surface area contributed by atoms with Gasteiger partial charge < -0.3 is 5.73 Å². The Morgan fingerprint density at radius 1 is 1.46 bits per heavy atom. The molecule has 0 heterocycles. The van der Waals surface area contributed by atoms with E-state index in [9.17, 15) is 8.42 Å². The van der Waals surface area contributed by atoms with Gasteiger partial charge in [-0.1, -0.05) is 0 Å². The minimum atomic E-state index is -3.43. The van der Waals surface area contributed by atoms with Crippen LogP contribution >= 0.6 is 15.9 Å². The largest absolute Gasteiger partial charge is 0.399 e. The van der Waals surface area contributed by atoms with E-state index in [2.05, 4.69) is 20.7 Å². The van der Waals surface area contributed by atoms with Crippen LogP contribution in [-0.2, 0) is 10.0 Å². The summed E-state index contributed by atoms with van der Waals surface area (Å²) in [4.78, 5) is 0.148. The number of halogens is 1. The highest BCUT2D eigenvalue weighted by Crippen LogP contribution is 2.23. The molecule has 4 nitrogen and oxygen atoms in total. The molecule has 0 saturated carbocycles. The van der Waals surface area contributed by atoms with Gasteiger partial charge in [-0.15, -0.1) is 0 Å². The smallest absolute Gasteiger partial charge is 0.241 e. The summed E-state index contributed by atoms with van der Waals surface area (Å²) in [6, 6.07) is 4.62. The van der Waals surface area contributed by atoms with E-state index in [1.165, 1.54) is 13.1 Å². The molecule has 0 aliphatic heterocycles. The molecule has 72 valence electrons. The van der Waals surface area contributed by atoms with Crippen molar-refractivity contribution in [3.8, 4) is 0 Å². The van der Waals surface area contributed by atoms with Crippen molar-refractivity contribution in [2.24, 2.45) is 0 Å². The number of hydrogen-bond acceptors (Lipinski definition) is 3. The van der Waals surface area contributed by atoms with Gasteiger partial charge in [0.15, 0.2) is 0 Å². The van der Waals surface area contributed by atoms with E-state index in [0.29, 0.717) is 10.2 Å². The molecule has 0 fully saturated rings. The van der Waals surface area contributed by atoms with Gasteiger partial charge in [-0.05, 0) is 41.2 Å². The highest BCUT2D eigenvalue weighted by atomic mass is 79.9. The zero-order chi connectivity index (χ0) is 10.1. The van der Waals surface area contributed by atoms with Gasteiger partial charge in [-0.25, -0.2) is 13.1 Å². The molecule has 0 aliphatic carbocycles. The maximum Gasteiger partial charge on any atom is 0.241 e. The van der Waals surface area contributed by atoms with E-state index < -0.39 is 10.0 Å². The van der Waals surface area contributed by atoms with E-state index in [1.807, 2.05) is 0 Å². The lowest BCUT2D eigenvalue weighted by molar-refractivity contribution is 0.588. The molecule has 1 rings (SSSR count). The summed E-state index contributed by atoms with van der Waals surface area (Å²) < 4.78 is 25.5. The average Bonchev–Trinajstić information content (AvgIpc) is 2.09. The summed E-state index contributed by atoms with van der Waals surface area (Å²) in [7, 11) is -2.08. The lowest BCUT2D eigenvalue weighted by Gasteiger charge is -2.05. The standard InChI is InChI=1S/C7H9BrN2O2S/c1-10-13(11,12)7-4-5(9)2-3-6(7)8/h2-4,10H,9H2,1H3. The molecule has 13 heavy (non-hydrogen) atoms. The molecule has 0 unspecified atom stereocenters. The average molecular weight is 265 g/mol. The fraction of sp³-hybridized carbons (Fsp3) is 0.143. The van der Waals surface area contributed by atoms with Crippen LogP contribution in [0.2, 0.25) is 0 Å². The topological polar surface area (TPSA) is 72.2 Å². The molecule has 3 N–H and O–H groups in total. The first-order valence-electron chi connectivity index (χ1n) is 3.46.